The Morgan fingerprint density at radius 3 is 2.52 bits per heavy atom. The molecule has 0 unspecified atom stereocenters. The van der Waals surface area contributed by atoms with E-state index >= 15 is 0 Å². The first-order chi connectivity index (χ1) is 13.0. The summed E-state index contributed by atoms with van der Waals surface area (Å²) in [6.45, 7) is 0. The number of halogens is 3. The van der Waals surface area contributed by atoms with E-state index in [0.717, 1.165) is 31.7 Å². The molecule has 2 aromatic carbocycles. The van der Waals surface area contributed by atoms with Crippen LogP contribution in [0.2, 0.25) is 0 Å². The van der Waals surface area contributed by atoms with Crippen molar-refractivity contribution >= 4 is 33.3 Å². The minimum Gasteiger partial charge on any atom is -0.229 e. The molecule has 4 rings (SSSR count). The smallest absolute Gasteiger partial charge is 0.229 e. The van der Waals surface area contributed by atoms with Crippen molar-refractivity contribution in [3.8, 4) is 10.4 Å². The number of nitrogens with zero attached hydrogens (tertiary/aromatic N) is 2. The normalized spacial score (nSPS) is 11.8. The second kappa shape index (κ2) is 7.32. The first-order valence-corrected chi connectivity index (χ1v) is 9.90. The molecule has 0 saturated carbocycles. The van der Waals surface area contributed by atoms with Gasteiger partial charge in [-0.05, 0) is 23.3 Å². The molecule has 0 amide bonds. The van der Waals surface area contributed by atoms with Gasteiger partial charge in [0.25, 0.3) is 0 Å². The molecule has 136 valence electrons. The molecule has 0 bridgehead atoms. The van der Waals surface area contributed by atoms with Gasteiger partial charge < -0.3 is 0 Å². The summed E-state index contributed by atoms with van der Waals surface area (Å²) in [4.78, 5) is 10.6. The van der Waals surface area contributed by atoms with Crippen LogP contribution in [-0.4, -0.2) is 9.97 Å². The van der Waals surface area contributed by atoms with Crippen molar-refractivity contribution < 1.29 is 13.2 Å². The summed E-state index contributed by atoms with van der Waals surface area (Å²) >= 11 is 3.00. The summed E-state index contributed by atoms with van der Waals surface area (Å²) in [6.07, 6.45) is -2.83. The highest BCUT2D eigenvalue weighted by atomic mass is 32.2. The summed E-state index contributed by atoms with van der Waals surface area (Å²) < 4.78 is 38.6. The van der Waals surface area contributed by atoms with Gasteiger partial charge >= 0.3 is 6.18 Å². The Labute approximate surface area is 162 Å². The fourth-order valence-electron chi connectivity index (χ4n) is 2.68. The molecule has 0 spiro atoms. The molecule has 0 fully saturated rings. The Kier molecular flexibility index (Phi) is 4.88. The molecule has 2 aromatic heterocycles. The average molecular weight is 402 g/mol. The van der Waals surface area contributed by atoms with Crippen LogP contribution in [-0.2, 0) is 11.9 Å². The van der Waals surface area contributed by atoms with E-state index in [0.29, 0.717) is 11.3 Å². The van der Waals surface area contributed by atoms with Gasteiger partial charge in [-0.3, -0.25) is 0 Å². The minimum atomic E-state index is -4.33. The van der Waals surface area contributed by atoms with Crippen LogP contribution in [0.1, 0.15) is 11.1 Å². The molecule has 0 N–H and O–H groups in total. The van der Waals surface area contributed by atoms with Crippen LogP contribution < -0.4 is 0 Å². The van der Waals surface area contributed by atoms with Gasteiger partial charge in [-0.1, -0.05) is 48.5 Å². The molecule has 27 heavy (non-hydrogen) atoms. The number of benzene rings is 2. The van der Waals surface area contributed by atoms with E-state index in [-0.39, 0.29) is 0 Å². The van der Waals surface area contributed by atoms with Crippen LogP contribution in [0.3, 0.4) is 0 Å². The standard InChI is InChI=1S/C20H13F3N2S2/c21-20(22,23)15-8-4-5-13(9-15)11-26-18-16-10-17(14-6-2-1-3-7-14)27-19(16)25-12-24-18/h1-10,12H,11H2. The zero-order chi connectivity index (χ0) is 18.9. The highest BCUT2D eigenvalue weighted by molar-refractivity contribution is 7.98. The predicted molar refractivity (Wildman–Crippen MR) is 104 cm³/mol. The SMILES string of the molecule is FC(F)(F)c1cccc(CSc2ncnc3sc(-c4ccccc4)cc23)c1. The van der Waals surface area contributed by atoms with Gasteiger partial charge in [0.05, 0.1) is 5.56 Å². The van der Waals surface area contributed by atoms with Gasteiger partial charge in [-0.15, -0.1) is 23.1 Å². The van der Waals surface area contributed by atoms with E-state index in [1.807, 2.05) is 36.4 Å². The Morgan fingerprint density at radius 1 is 0.926 bits per heavy atom. The third-order valence-corrected chi connectivity index (χ3v) is 6.15. The molecule has 0 aliphatic heterocycles. The number of aromatic nitrogens is 2. The van der Waals surface area contributed by atoms with Crippen molar-refractivity contribution in [2.24, 2.45) is 0 Å². The van der Waals surface area contributed by atoms with Crippen molar-refractivity contribution in [2.45, 2.75) is 17.0 Å². The van der Waals surface area contributed by atoms with Gasteiger partial charge in [-0.25, -0.2) is 9.97 Å². The summed E-state index contributed by atoms with van der Waals surface area (Å²) in [6, 6.07) is 17.5. The number of alkyl halides is 3. The fraction of sp³-hybridized carbons (Fsp3) is 0.100. The largest absolute Gasteiger partial charge is 0.416 e. The number of thioether (sulfide) groups is 1. The average Bonchev–Trinajstić information content (AvgIpc) is 3.11. The molecule has 0 aliphatic rings. The van der Waals surface area contributed by atoms with Crippen molar-refractivity contribution in [2.75, 3.05) is 0 Å². The summed E-state index contributed by atoms with van der Waals surface area (Å²) in [5.41, 5.74) is 1.09. The molecule has 2 heterocycles. The van der Waals surface area contributed by atoms with E-state index in [4.69, 9.17) is 0 Å². The van der Waals surface area contributed by atoms with Gasteiger partial charge in [-0.2, -0.15) is 13.2 Å². The Hall–Kier alpha value is -2.38. The van der Waals surface area contributed by atoms with Crippen molar-refractivity contribution in [3.63, 3.8) is 0 Å². The predicted octanol–water partition coefficient (Wildman–Crippen LogP) is 6.67. The first kappa shape index (κ1) is 18.0. The van der Waals surface area contributed by atoms with Gasteiger partial charge in [0.2, 0.25) is 0 Å². The highest BCUT2D eigenvalue weighted by Crippen LogP contribution is 2.37. The second-order valence-corrected chi connectivity index (χ2v) is 7.86. The third kappa shape index (κ3) is 3.99. The number of hydrogen-bond acceptors (Lipinski definition) is 4. The van der Waals surface area contributed by atoms with E-state index < -0.39 is 11.7 Å². The van der Waals surface area contributed by atoms with E-state index in [1.54, 1.807) is 17.4 Å². The van der Waals surface area contributed by atoms with Crippen LogP contribution in [0.5, 0.6) is 0 Å². The maximum absolute atomic E-state index is 12.9. The lowest BCUT2D eigenvalue weighted by Crippen LogP contribution is -2.04. The maximum Gasteiger partial charge on any atom is 0.416 e. The van der Waals surface area contributed by atoms with Crippen molar-refractivity contribution in [1.29, 1.82) is 0 Å². The van der Waals surface area contributed by atoms with Crippen molar-refractivity contribution in [3.05, 3.63) is 78.1 Å². The fourth-order valence-corrected chi connectivity index (χ4v) is 4.67. The van der Waals surface area contributed by atoms with Crippen LogP contribution in [0.15, 0.2) is 72.0 Å². The Morgan fingerprint density at radius 2 is 1.74 bits per heavy atom. The quantitative estimate of drug-likeness (QED) is 0.282. The van der Waals surface area contributed by atoms with Crippen LogP contribution in [0, 0.1) is 0 Å². The third-order valence-electron chi connectivity index (χ3n) is 3.98. The molecule has 0 radical (unpaired) electrons. The molecule has 4 aromatic rings. The molecule has 7 heteroatoms. The monoisotopic (exact) mass is 402 g/mol. The zero-order valence-electron chi connectivity index (χ0n) is 13.9. The molecular weight excluding hydrogens is 389 g/mol. The van der Waals surface area contributed by atoms with E-state index in [1.165, 1.54) is 30.2 Å². The van der Waals surface area contributed by atoms with E-state index in [2.05, 4.69) is 9.97 Å². The Balaban J connectivity index is 1.60. The Bertz CT molecular complexity index is 1080. The molecule has 2 nitrogen and oxygen atoms in total. The summed E-state index contributed by atoms with van der Waals surface area (Å²) in [5, 5.41) is 1.70. The minimum absolute atomic E-state index is 0.409. The number of thiophene rings is 1. The van der Waals surface area contributed by atoms with Crippen molar-refractivity contribution in [1.82, 2.24) is 9.97 Å². The van der Waals surface area contributed by atoms with Gasteiger partial charge in [0.1, 0.15) is 16.2 Å². The highest BCUT2D eigenvalue weighted by Gasteiger charge is 2.30. The van der Waals surface area contributed by atoms with Gasteiger partial charge in [0.15, 0.2) is 0 Å². The lowest BCUT2D eigenvalue weighted by molar-refractivity contribution is -0.137. The molecular formula is C20H13F3N2S2. The summed E-state index contributed by atoms with van der Waals surface area (Å²) in [5.74, 6) is 0.409. The van der Waals surface area contributed by atoms with E-state index in [9.17, 15) is 13.2 Å². The first-order valence-electron chi connectivity index (χ1n) is 8.09. The number of fused-ring (bicyclic) bond motifs is 1. The molecule has 0 saturated heterocycles. The van der Waals surface area contributed by atoms with Crippen LogP contribution in [0.4, 0.5) is 13.2 Å². The zero-order valence-corrected chi connectivity index (χ0v) is 15.5. The number of rotatable bonds is 4. The summed E-state index contributed by atoms with van der Waals surface area (Å²) in [7, 11) is 0. The molecule has 0 atom stereocenters. The number of hydrogen-bond donors (Lipinski definition) is 0. The van der Waals surface area contributed by atoms with Gasteiger partial charge in [0, 0.05) is 16.0 Å². The maximum atomic E-state index is 12.9. The van der Waals surface area contributed by atoms with Crippen LogP contribution >= 0.6 is 23.1 Å². The lowest BCUT2D eigenvalue weighted by Gasteiger charge is -2.08. The molecule has 0 aliphatic carbocycles. The second-order valence-electron chi connectivity index (χ2n) is 5.86. The van der Waals surface area contributed by atoms with Crippen LogP contribution in [0.25, 0.3) is 20.7 Å². The lowest BCUT2D eigenvalue weighted by atomic mass is 10.1. The topological polar surface area (TPSA) is 25.8 Å².